The first-order valence-electron chi connectivity index (χ1n) is 10.2. The topological polar surface area (TPSA) is 68.2 Å². The lowest BCUT2D eigenvalue weighted by molar-refractivity contribution is -0.113. The predicted molar refractivity (Wildman–Crippen MR) is 113 cm³/mol. The number of aliphatic hydroxyl groups is 2. The molecule has 164 valence electrons. The molecule has 7 heteroatoms. The first-order chi connectivity index (χ1) is 14.6. The second-order valence-corrected chi connectivity index (χ2v) is 7.78. The molecule has 0 saturated carbocycles. The zero-order chi connectivity index (χ0) is 21.3. The molecule has 1 aliphatic rings. The van der Waals surface area contributed by atoms with Crippen LogP contribution in [-0.4, -0.2) is 55.5 Å². The van der Waals surface area contributed by atoms with Crippen LogP contribution in [0.4, 0.5) is 4.39 Å². The van der Waals surface area contributed by atoms with Crippen LogP contribution < -0.4 is 4.74 Å². The van der Waals surface area contributed by atoms with Gasteiger partial charge in [0.05, 0.1) is 38.1 Å². The Bertz CT molecular complexity index is 786. The Hall–Kier alpha value is -1.70. The standard InChI is InChI=1S/C23H28ClFO5/c24-22-6-3-17(23-14-19(27)13-21(15-26)30-23)12-18(22)11-16-1-4-20(5-2-16)29-10-9-28-8-7-25/h1-6,12,19,21,23,26-27H,7-11,13-15H2/t19-,21-,23+/m0/s1. The number of benzene rings is 2. The van der Waals surface area contributed by atoms with Gasteiger partial charge in [-0.15, -0.1) is 0 Å². The van der Waals surface area contributed by atoms with E-state index >= 15 is 0 Å². The molecule has 1 fully saturated rings. The van der Waals surface area contributed by atoms with Crippen molar-refractivity contribution in [1.82, 2.24) is 0 Å². The number of hydrogen-bond donors (Lipinski definition) is 2. The molecule has 5 nitrogen and oxygen atoms in total. The lowest BCUT2D eigenvalue weighted by Gasteiger charge is -2.32. The van der Waals surface area contributed by atoms with Crippen LogP contribution in [0.2, 0.25) is 5.02 Å². The molecular formula is C23H28ClFO5. The predicted octanol–water partition coefficient (Wildman–Crippen LogP) is 3.87. The lowest BCUT2D eigenvalue weighted by Crippen LogP contribution is -2.33. The minimum Gasteiger partial charge on any atom is -0.491 e. The molecule has 2 aromatic carbocycles. The van der Waals surface area contributed by atoms with Gasteiger partial charge in [-0.2, -0.15) is 0 Å². The Kier molecular flexibility index (Phi) is 8.90. The molecule has 2 aromatic rings. The van der Waals surface area contributed by atoms with Crippen molar-refractivity contribution in [3.05, 3.63) is 64.2 Å². The van der Waals surface area contributed by atoms with Gasteiger partial charge in [-0.25, -0.2) is 4.39 Å². The van der Waals surface area contributed by atoms with Gasteiger partial charge in [-0.05, 0) is 41.3 Å². The first-order valence-corrected chi connectivity index (χ1v) is 10.5. The summed E-state index contributed by atoms with van der Waals surface area (Å²) in [7, 11) is 0. The highest BCUT2D eigenvalue weighted by Gasteiger charge is 2.29. The van der Waals surface area contributed by atoms with Crippen molar-refractivity contribution >= 4 is 11.6 Å². The second-order valence-electron chi connectivity index (χ2n) is 7.38. The molecule has 0 radical (unpaired) electrons. The van der Waals surface area contributed by atoms with Crippen molar-refractivity contribution in [2.24, 2.45) is 0 Å². The van der Waals surface area contributed by atoms with E-state index in [-0.39, 0.29) is 25.4 Å². The minimum absolute atomic E-state index is 0.0909. The average molecular weight is 439 g/mol. The summed E-state index contributed by atoms with van der Waals surface area (Å²) < 4.78 is 28.5. The second kappa shape index (κ2) is 11.6. The van der Waals surface area contributed by atoms with Crippen molar-refractivity contribution < 1.29 is 28.8 Å². The van der Waals surface area contributed by atoms with E-state index in [0.29, 0.717) is 37.5 Å². The van der Waals surface area contributed by atoms with Crippen molar-refractivity contribution in [2.45, 2.75) is 37.6 Å². The maximum Gasteiger partial charge on any atom is 0.119 e. The van der Waals surface area contributed by atoms with Gasteiger partial charge in [0.25, 0.3) is 0 Å². The van der Waals surface area contributed by atoms with Crippen LogP contribution in [0.1, 0.15) is 35.6 Å². The lowest BCUT2D eigenvalue weighted by atomic mass is 9.94. The van der Waals surface area contributed by atoms with E-state index in [2.05, 4.69) is 0 Å². The molecule has 3 atom stereocenters. The summed E-state index contributed by atoms with van der Waals surface area (Å²) in [6.45, 7) is 0.213. The molecule has 1 aliphatic heterocycles. The van der Waals surface area contributed by atoms with Gasteiger partial charge in [-0.1, -0.05) is 35.9 Å². The normalized spacial score (nSPS) is 21.5. The highest BCUT2D eigenvalue weighted by Crippen LogP contribution is 2.33. The van der Waals surface area contributed by atoms with Gasteiger partial charge in [0.1, 0.15) is 19.0 Å². The van der Waals surface area contributed by atoms with Gasteiger partial charge in [-0.3, -0.25) is 0 Å². The number of alkyl halides is 1. The van der Waals surface area contributed by atoms with Crippen molar-refractivity contribution in [3.63, 3.8) is 0 Å². The molecule has 1 heterocycles. The van der Waals surface area contributed by atoms with E-state index < -0.39 is 12.8 Å². The summed E-state index contributed by atoms with van der Waals surface area (Å²) in [5.74, 6) is 0.724. The van der Waals surface area contributed by atoms with Gasteiger partial charge in [0, 0.05) is 17.9 Å². The summed E-state index contributed by atoms with van der Waals surface area (Å²) in [5.41, 5.74) is 2.99. The molecule has 0 spiro atoms. The zero-order valence-electron chi connectivity index (χ0n) is 16.8. The van der Waals surface area contributed by atoms with Crippen LogP contribution >= 0.6 is 11.6 Å². The molecule has 1 saturated heterocycles. The van der Waals surface area contributed by atoms with Crippen LogP contribution in [-0.2, 0) is 15.9 Å². The summed E-state index contributed by atoms with van der Waals surface area (Å²) in [6, 6.07) is 13.5. The molecule has 0 unspecified atom stereocenters. The molecule has 2 N–H and O–H groups in total. The number of hydrogen-bond acceptors (Lipinski definition) is 5. The molecular weight excluding hydrogens is 411 g/mol. The number of ether oxygens (including phenoxy) is 3. The van der Waals surface area contributed by atoms with Crippen LogP contribution in [0, 0.1) is 0 Å². The Morgan fingerprint density at radius 2 is 1.87 bits per heavy atom. The maximum absolute atomic E-state index is 12.0. The van der Waals surface area contributed by atoms with Crippen molar-refractivity contribution in [3.8, 4) is 5.75 Å². The largest absolute Gasteiger partial charge is 0.491 e. The molecule has 0 amide bonds. The van der Waals surface area contributed by atoms with Gasteiger partial charge >= 0.3 is 0 Å². The summed E-state index contributed by atoms with van der Waals surface area (Å²) in [5, 5.41) is 20.1. The van der Waals surface area contributed by atoms with Crippen LogP contribution in [0.3, 0.4) is 0 Å². The molecule has 30 heavy (non-hydrogen) atoms. The summed E-state index contributed by atoms with van der Waals surface area (Å²) in [6.07, 6.45) is 0.480. The molecule has 0 aromatic heterocycles. The van der Waals surface area contributed by atoms with Gasteiger partial charge in [0.2, 0.25) is 0 Å². The fraction of sp³-hybridized carbons (Fsp3) is 0.478. The first kappa shape index (κ1) is 23.0. The summed E-state index contributed by atoms with van der Waals surface area (Å²) >= 11 is 6.42. The molecule has 3 rings (SSSR count). The third-order valence-corrected chi connectivity index (χ3v) is 5.43. The van der Waals surface area contributed by atoms with E-state index in [1.165, 1.54) is 0 Å². The van der Waals surface area contributed by atoms with E-state index in [9.17, 15) is 14.6 Å². The Morgan fingerprint density at radius 3 is 2.60 bits per heavy atom. The number of rotatable bonds is 10. The van der Waals surface area contributed by atoms with Gasteiger partial charge in [0.15, 0.2) is 0 Å². The van der Waals surface area contributed by atoms with Crippen molar-refractivity contribution in [2.75, 3.05) is 33.1 Å². The fourth-order valence-electron chi connectivity index (χ4n) is 3.55. The maximum atomic E-state index is 12.0. The van der Waals surface area contributed by atoms with E-state index in [0.717, 1.165) is 22.4 Å². The number of aliphatic hydroxyl groups excluding tert-OH is 2. The average Bonchev–Trinajstić information content (AvgIpc) is 2.75. The quantitative estimate of drug-likeness (QED) is 0.551. The fourth-order valence-corrected chi connectivity index (χ4v) is 3.74. The SMILES string of the molecule is OC[C@@H]1C[C@H](O)C[C@H](c2ccc(Cl)c(Cc3ccc(OCCOCCF)cc3)c2)O1. The summed E-state index contributed by atoms with van der Waals surface area (Å²) in [4.78, 5) is 0. The smallest absolute Gasteiger partial charge is 0.119 e. The Balaban J connectivity index is 1.61. The van der Waals surface area contributed by atoms with Crippen LogP contribution in [0.5, 0.6) is 5.75 Å². The van der Waals surface area contributed by atoms with Crippen LogP contribution in [0.25, 0.3) is 0 Å². The highest BCUT2D eigenvalue weighted by molar-refractivity contribution is 6.31. The molecule has 0 bridgehead atoms. The molecule has 0 aliphatic carbocycles. The zero-order valence-corrected chi connectivity index (χ0v) is 17.6. The van der Waals surface area contributed by atoms with E-state index in [1.807, 2.05) is 42.5 Å². The Labute approximate surface area is 181 Å². The third-order valence-electron chi connectivity index (χ3n) is 5.06. The van der Waals surface area contributed by atoms with Crippen LogP contribution in [0.15, 0.2) is 42.5 Å². The Morgan fingerprint density at radius 1 is 1.07 bits per heavy atom. The third kappa shape index (κ3) is 6.65. The highest BCUT2D eigenvalue weighted by atomic mass is 35.5. The minimum atomic E-state index is -0.492. The van der Waals surface area contributed by atoms with Gasteiger partial charge < -0.3 is 24.4 Å². The van der Waals surface area contributed by atoms with Crippen molar-refractivity contribution in [1.29, 1.82) is 0 Å². The monoisotopic (exact) mass is 438 g/mol. The van der Waals surface area contributed by atoms with E-state index in [1.54, 1.807) is 0 Å². The number of halogens is 2. The van der Waals surface area contributed by atoms with E-state index in [4.69, 9.17) is 25.8 Å².